The van der Waals surface area contributed by atoms with Crippen LogP contribution < -0.4 is 10.2 Å². The molecule has 2 unspecified atom stereocenters. The van der Waals surface area contributed by atoms with E-state index in [4.69, 9.17) is 0 Å². The summed E-state index contributed by atoms with van der Waals surface area (Å²) in [5.41, 5.74) is 1.88. The Hall–Kier alpha value is -3.04. The molecular formula is C21H23FN6O2. The first-order valence-corrected chi connectivity index (χ1v) is 9.98. The molecule has 2 fully saturated rings. The van der Waals surface area contributed by atoms with Crippen molar-refractivity contribution < 1.29 is 14.6 Å². The number of alkyl halides is 1. The summed E-state index contributed by atoms with van der Waals surface area (Å²) >= 11 is 0. The molecule has 2 aliphatic rings. The molecule has 156 valence electrons. The number of anilines is 1. The van der Waals surface area contributed by atoms with Gasteiger partial charge >= 0.3 is 0 Å². The highest BCUT2D eigenvalue weighted by Gasteiger charge is 2.48. The lowest BCUT2D eigenvalue weighted by molar-refractivity contribution is 0.143. The molecule has 2 bridgehead atoms. The molecule has 9 heteroatoms. The van der Waals surface area contributed by atoms with Gasteiger partial charge in [0.15, 0.2) is 5.82 Å². The molecule has 0 aliphatic carbocycles. The maximum absolute atomic E-state index is 14.9. The van der Waals surface area contributed by atoms with Crippen molar-refractivity contribution >= 4 is 5.82 Å². The third-order valence-electron chi connectivity index (χ3n) is 6.20. The fourth-order valence-corrected chi connectivity index (χ4v) is 4.49. The van der Waals surface area contributed by atoms with Crippen LogP contribution in [0.5, 0.6) is 5.75 Å². The first-order chi connectivity index (χ1) is 14.5. The molecule has 3 N–H and O–H groups in total. The summed E-state index contributed by atoms with van der Waals surface area (Å²) in [6, 6.07) is 8.03. The molecule has 2 aliphatic heterocycles. The number of halogens is 1. The number of nitrogens with zero attached hydrogens (tertiary/aromatic N) is 5. The number of piperidine rings is 1. The Bertz CT molecular complexity index is 1030. The second-order valence-electron chi connectivity index (χ2n) is 7.99. The molecule has 5 rings (SSSR count). The minimum atomic E-state index is -1.09. The second-order valence-corrected chi connectivity index (χ2v) is 7.99. The van der Waals surface area contributed by atoms with Crippen LogP contribution in [0.3, 0.4) is 0 Å². The average molecular weight is 410 g/mol. The average Bonchev–Trinajstić information content (AvgIpc) is 3.39. The number of benzene rings is 1. The van der Waals surface area contributed by atoms with Crippen LogP contribution in [-0.4, -0.2) is 67.4 Å². The van der Waals surface area contributed by atoms with E-state index in [0.29, 0.717) is 29.9 Å². The number of hydrogen-bond donors (Lipinski definition) is 3. The van der Waals surface area contributed by atoms with E-state index >= 15 is 0 Å². The van der Waals surface area contributed by atoms with E-state index < -0.39 is 12.3 Å². The Morgan fingerprint density at radius 1 is 1.17 bits per heavy atom. The van der Waals surface area contributed by atoms with Gasteiger partial charge in [-0.15, -0.1) is 10.2 Å². The molecule has 0 radical (unpaired) electrons. The van der Waals surface area contributed by atoms with Gasteiger partial charge in [-0.3, -0.25) is 0 Å². The quantitative estimate of drug-likeness (QED) is 0.602. The molecule has 4 heterocycles. The number of rotatable bonds is 4. The number of aromatic nitrogens is 4. The van der Waals surface area contributed by atoms with Crippen molar-refractivity contribution in [3.05, 3.63) is 49.1 Å². The molecule has 30 heavy (non-hydrogen) atoms. The molecule has 2 aromatic heterocycles. The zero-order chi connectivity index (χ0) is 20.8. The van der Waals surface area contributed by atoms with E-state index in [9.17, 15) is 14.6 Å². The first-order valence-electron chi connectivity index (χ1n) is 9.98. The molecule has 2 saturated heterocycles. The SMILES string of the molecule is CN(c1ccc(-c2ccc(-n3ccnc3)cc2O)nn1)[C@@H]1CC2NC(C[C@H]2O)[C@H]1F. The van der Waals surface area contributed by atoms with Crippen LogP contribution in [-0.2, 0) is 0 Å². The highest BCUT2D eigenvalue weighted by Crippen LogP contribution is 2.34. The van der Waals surface area contributed by atoms with Gasteiger partial charge in [-0.05, 0) is 37.1 Å². The Morgan fingerprint density at radius 2 is 2.03 bits per heavy atom. The lowest BCUT2D eigenvalue weighted by Crippen LogP contribution is -2.56. The van der Waals surface area contributed by atoms with Gasteiger partial charge in [0.25, 0.3) is 0 Å². The van der Waals surface area contributed by atoms with E-state index in [-0.39, 0.29) is 23.9 Å². The Kier molecular flexibility index (Phi) is 4.63. The fraction of sp³-hybridized carbons (Fsp3) is 0.381. The summed E-state index contributed by atoms with van der Waals surface area (Å²) in [4.78, 5) is 5.80. The number of fused-ring (bicyclic) bond motifs is 2. The summed E-state index contributed by atoms with van der Waals surface area (Å²) in [6.45, 7) is 0. The summed E-state index contributed by atoms with van der Waals surface area (Å²) in [5, 5.41) is 32.2. The van der Waals surface area contributed by atoms with Crippen LogP contribution in [0.4, 0.5) is 10.2 Å². The second kappa shape index (κ2) is 7.33. The van der Waals surface area contributed by atoms with Gasteiger partial charge in [-0.2, -0.15) is 0 Å². The van der Waals surface area contributed by atoms with E-state index in [1.54, 1.807) is 59.5 Å². The molecule has 5 atom stereocenters. The lowest BCUT2D eigenvalue weighted by atomic mass is 9.96. The molecule has 8 nitrogen and oxygen atoms in total. The standard InChI is InChI=1S/C21H23FN6O2/c1-27(17-9-15-19(30)10-16(24-15)21(17)22)20-5-4-14(25-26-20)13-3-2-12(8-18(13)29)28-7-6-23-11-28/h2-8,11,15-17,19,21,24,29-30H,9-10H2,1H3/t15?,16?,17-,19-,21-/m1/s1. The van der Waals surface area contributed by atoms with Crippen LogP contribution in [0.15, 0.2) is 49.1 Å². The number of aliphatic hydroxyl groups excluding tert-OH is 1. The first kappa shape index (κ1) is 19.0. The predicted molar refractivity (Wildman–Crippen MR) is 109 cm³/mol. The smallest absolute Gasteiger partial charge is 0.151 e. The highest BCUT2D eigenvalue weighted by molar-refractivity contribution is 5.69. The van der Waals surface area contributed by atoms with Crippen molar-refractivity contribution in [3.63, 3.8) is 0 Å². The number of hydrogen-bond acceptors (Lipinski definition) is 7. The zero-order valence-electron chi connectivity index (χ0n) is 16.4. The lowest BCUT2D eigenvalue weighted by Gasteiger charge is -2.38. The predicted octanol–water partition coefficient (Wildman–Crippen LogP) is 1.67. The molecule has 1 aromatic carbocycles. The summed E-state index contributed by atoms with van der Waals surface area (Å²) in [6.07, 6.45) is 4.47. The largest absolute Gasteiger partial charge is 0.507 e. The molecule has 0 amide bonds. The Labute approximate surface area is 173 Å². The van der Waals surface area contributed by atoms with Gasteiger partial charge in [0.2, 0.25) is 0 Å². The van der Waals surface area contributed by atoms with Gasteiger partial charge in [0, 0.05) is 43.2 Å². The summed E-state index contributed by atoms with van der Waals surface area (Å²) in [7, 11) is 1.80. The van der Waals surface area contributed by atoms with Crippen molar-refractivity contribution in [2.24, 2.45) is 0 Å². The van der Waals surface area contributed by atoms with Crippen LogP contribution >= 0.6 is 0 Å². The number of aliphatic hydroxyl groups is 1. The number of nitrogens with one attached hydrogen (secondary N) is 1. The fourth-order valence-electron chi connectivity index (χ4n) is 4.49. The molecular weight excluding hydrogens is 387 g/mol. The maximum Gasteiger partial charge on any atom is 0.151 e. The van der Waals surface area contributed by atoms with Gasteiger partial charge in [-0.1, -0.05) is 0 Å². The molecule has 0 spiro atoms. The normalized spacial score (nSPS) is 27.9. The van der Waals surface area contributed by atoms with E-state index in [0.717, 1.165) is 5.69 Å². The third kappa shape index (κ3) is 3.20. The van der Waals surface area contributed by atoms with E-state index in [1.165, 1.54) is 0 Å². The van der Waals surface area contributed by atoms with E-state index in [2.05, 4.69) is 20.5 Å². The zero-order valence-corrected chi connectivity index (χ0v) is 16.4. The Balaban J connectivity index is 1.36. The monoisotopic (exact) mass is 410 g/mol. The number of phenols is 1. The van der Waals surface area contributed by atoms with Crippen LogP contribution in [0, 0.1) is 0 Å². The van der Waals surface area contributed by atoms with Crippen LogP contribution in [0.25, 0.3) is 16.9 Å². The third-order valence-corrected chi connectivity index (χ3v) is 6.20. The topological polar surface area (TPSA) is 99.3 Å². The minimum absolute atomic E-state index is 0.0874. The van der Waals surface area contributed by atoms with Gasteiger partial charge in [0.1, 0.15) is 11.9 Å². The van der Waals surface area contributed by atoms with Crippen LogP contribution in [0.1, 0.15) is 12.8 Å². The van der Waals surface area contributed by atoms with Crippen molar-refractivity contribution in [1.82, 2.24) is 25.1 Å². The number of aromatic hydroxyl groups is 1. The maximum atomic E-state index is 14.9. The minimum Gasteiger partial charge on any atom is -0.507 e. The van der Waals surface area contributed by atoms with Crippen molar-refractivity contribution in [3.8, 4) is 22.7 Å². The summed E-state index contributed by atoms with van der Waals surface area (Å²) < 4.78 is 16.7. The van der Waals surface area contributed by atoms with Crippen molar-refractivity contribution in [2.45, 2.75) is 43.2 Å². The Morgan fingerprint density at radius 3 is 2.73 bits per heavy atom. The molecule has 0 saturated carbocycles. The van der Waals surface area contributed by atoms with E-state index in [1.807, 2.05) is 6.07 Å². The van der Waals surface area contributed by atoms with Crippen molar-refractivity contribution in [1.29, 1.82) is 0 Å². The van der Waals surface area contributed by atoms with Gasteiger partial charge in [-0.25, -0.2) is 9.37 Å². The van der Waals surface area contributed by atoms with Crippen molar-refractivity contribution in [2.75, 3.05) is 11.9 Å². The highest BCUT2D eigenvalue weighted by atomic mass is 19.1. The summed E-state index contributed by atoms with van der Waals surface area (Å²) in [5.74, 6) is 0.640. The van der Waals surface area contributed by atoms with Crippen LogP contribution in [0.2, 0.25) is 0 Å². The number of phenolic OH excluding ortho intramolecular Hbond substituents is 1. The van der Waals surface area contributed by atoms with Gasteiger partial charge < -0.3 is 25.0 Å². The van der Waals surface area contributed by atoms with Gasteiger partial charge in [0.05, 0.1) is 29.9 Å². The molecule has 3 aromatic rings. The number of imidazole rings is 1.